The van der Waals surface area contributed by atoms with Gasteiger partial charge in [0, 0.05) is 12.8 Å². The van der Waals surface area contributed by atoms with Crippen molar-refractivity contribution in [2.75, 3.05) is 19.8 Å². The monoisotopic (exact) mass is 528 g/mol. The number of hydrogen-bond donors (Lipinski definition) is 5. The summed E-state index contributed by atoms with van der Waals surface area (Å²) in [6, 6.07) is 0. The molecule has 2 rings (SSSR count). The van der Waals surface area contributed by atoms with Crippen molar-refractivity contribution in [1.82, 2.24) is 0 Å². The molecule has 2 fully saturated rings. The predicted octanol–water partition coefficient (Wildman–Crippen LogP) is 2.35. The van der Waals surface area contributed by atoms with Crippen LogP contribution in [0.1, 0.15) is 66.2 Å². The number of aliphatic hydroxyl groups excluding tert-OH is 5. The summed E-state index contributed by atoms with van der Waals surface area (Å²) in [5, 5.41) is 49.7. The predicted molar refractivity (Wildman–Crippen MR) is 140 cm³/mol. The molecule has 37 heavy (non-hydrogen) atoms. The summed E-state index contributed by atoms with van der Waals surface area (Å²) in [5.41, 5.74) is 2.56. The summed E-state index contributed by atoms with van der Waals surface area (Å²) < 4.78 is 22.8. The van der Waals surface area contributed by atoms with Crippen LogP contribution in [-0.4, -0.2) is 94.6 Å². The molecule has 0 radical (unpaired) electrons. The van der Waals surface area contributed by atoms with Crippen LogP contribution in [0, 0.1) is 5.92 Å². The Morgan fingerprint density at radius 1 is 0.919 bits per heavy atom. The van der Waals surface area contributed by atoms with Crippen LogP contribution in [0.3, 0.4) is 0 Å². The van der Waals surface area contributed by atoms with Crippen molar-refractivity contribution in [2.45, 2.75) is 115 Å². The molecule has 2 aliphatic heterocycles. The van der Waals surface area contributed by atoms with E-state index in [4.69, 9.17) is 18.9 Å². The highest BCUT2D eigenvalue weighted by Gasteiger charge is 2.43. The van der Waals surface area contributed by atoms with Crippen LogP contribution in [0.4, 0.5) is 0 Å². The molecule has 9 atom stereocenters. The Morgan fingerprint density at radius 2 is 1.59 bits per heavy atom. The lowest BCUT2D eigenvalue weighted by Crippen LogP contribution is -2.56. The molecule has 0 spiro atoms. The van der Waals surface area contributed by atoms with Crippen LogP contribution in [0.15, 0.2) is 35.5 Å². The number of allylic oxidation sites excluding steroid dienone is 5. The van der Waals surface area contributed by atoms with Gasteiger partial charge in [-0.1, -0.05) is 42.4 Å². The Bertz CT molecular complexity index is 733. The Balaban J connectivity index is 1.74. The fraction of sp³-hybridized carbons (Fsp3) is 0.786. The van der Waals surface area contributed by atoms with E-state index in [0.29, 0.717) is 12.5 Å². The first kappa shape index (κ1) is 32.1. The van der Waals surface area contributed by atoms with Gasteiger partial charge in [0.2, 0.25) is 0 Å². The lowest BCUT2D eigenvalue weighted by Gasteiger charge is -2.42. The van der Waals surface area contributed by atoms with Gasteiger partial charge >= 0.3 is 0 Å². The molecule has 0 saturated carbocycles. The van der Waals surface area contributed by atoms with Crippen molar-refractivity contribution in [1.29, 1.82) is 0 Å². The highest BCUT2D eigenvalue weighted by molar-refractivity contribution is 5.01. The first-order valence-corrected chi connectivity index (χ1v) is 13.4. The first-order chi connectivity index (χ1) is 17.6. The van der Waals surface area contributed by atoms with Gasteiger partial charge in [-0.15, -0.1) is 0 Å². The van der Waals surface area contributed by atoms with Gasteiger partial charge in [0.1, 0.15) is 24.4 Å². The number of hydrogen-bond acceptors (Lipinski definition) is 9. The second-order valence-corrected chi connectivity index (χ2v) is 10.5. The maximum absolute atomic E-state index is 10.7. The number of ether oxygens (including phenoxy) is 4. The van der Waals surface area contributed by atoms with Crippen LogP contribution in [0.25, 0.3) is 0 Å². The molecule has 2 saturated heterocycles. The summed E-state index contributed by atoms with van der Waals surface area (Å²) in [6.07, 6.45) is 5.25. The second-order valence-electron chi connectivity index (χ2n) is 10.5. The van der Waals surface area contributed by atoms with Crippen molar-refractivity contribution in [3.05, 3.63) is 35.5 Å². The van der Waals surface area contributed by atoms with E-state index >= 15 is 0 Å². The number of aliphatic hydroxyl groups is 5. The fourth-order valence-electron chi connectivity index (χ4n) is 4.44. The van der Waals surface area contributed by atoms with E-state index in [1.807, 2.05) is 6.08 Å². The Kier molecular flexibility index (Phi) is 14.5. The summed E-state index contributed by atoms with van der Waals surface area (Å²) in [7, 11) is 0. The quantitative estimate of drug-likeness (QED) is 0.215. The van der Waals surface area contributed by atoms with Gasteiger partial charge in [-0.25, -0.2) is 0 Å². The van der Waals surface area contributed by atoms with Crippen molar-refractivity contribution in [3.63, 3.8) is 0 Å². The lowest BCUT2D eigenvalue weighted by molar-refractivity contribution is -0.319. The van der Waals surface area contributed by atoms with Crippen LogP contribution in [0.5, 0.6) is 0 Å². The van der Waals surface area contributed by atoms with Gasteiger partial charge in [0.15, 0.2) is 12.6 Å². The maximum atomic E-state index is 10.7. The highest BCUT2D eigenvalue weighted by Crippen LogP contribution is 2.29. The summed E-state index contributed by atoms with van der Waals surface area (Å²) in [4.78, 5) is 0. The molecule has 214 valence electrons. The van der Waals surface area contributed by atoms with E-state index in [0.717, 1.165) is 25.7 Å². The zero-order chi connectivity index (χ0) is 27.4. The SMILES string of the molecule is CC(C)=CCCC(C)C=CCC/C(C)=C/COC1CC(O)[C@H](OC2C[C@@H](O)[C@H](O)C(CO)O2)C(CO)O1. The summed E-state index contributed by atoms with van der Waals surface area (Å²) >= 11 is 0. The minimum atomic E-state index is -1.22. The third kappa shape index (κ3) is 11.2. The Labute approximate surface area is 221 Å². The van der Waals surface area contributed by atoms with Gasteiger partial charge in [0.25, 0.3) is 0 Å². The first-order valence-electron chi connectivity index (χ1n) is 13.4. The van der Waals surface area contributed by atoms with Crippen molar-refractivity contribution in [3.8, 4) is 0 Å². The molecule has 0 aromatic carbocycles. The van der Waals surface area contributed by atoms with Gasteiger partial charge < -0.3 is 44.5 Å². The third-order valence-corrected chi connectivity index (χ3v) is 6.77. The smallest absolute Gasteiger partial charge is 0.161 e. The van der Waals surface area contributed by atoms with E-state index in [9.17, 15) is 25.5 Å². The molecule has 2 aliphatic rings. The average molecular weight is 529 g/mol. The van der Waals surface area contributed by atoms with E-state index in [2.05, 4.69) is 45.9 Å². The van der Waals surface area contributed by atoms with Crippen LogP contribution < -0.4 is 0 Å². The zero-order valence-electron chi connectivity index (χ0n) is 22.7. The lowest BCUT2D eigenvalue weighted by atomic mass is 10.00. The molecule has 0 bridgehead atoms. The molecular weight excluding hydrogens is 480 g/mol. The second kappa shape index (κ2) is 16.7. The zero-order valence-corrected chi connectivity index (χ0v) is 22.7. The number of rotatable bonds is 14. The highest BCUT2D eigenvalue weighted by atomic mass is 16.7. The minimum absolute atomic E-state index is 0.0347. The maximum Gasteiger partial charge on any atom is 0.161 e. The van der Waals surface area contributed by atoms with Crippen LogP contribution >= 0.6 is 0 Å². The Hall–Kier alpha value is -1.14. The van der Waals surface area contributed by atoms with E-state index in [1.165, 1.54) is 11.1 Å². The van der Waals surface area contributed by atoms with Gasteiger partial charge in [0.05, 0.1) is 32.0 Å². The van der Waals surface area contributed by atoms with Crippen molar-refractivity contribution in [2.24, 2.45) is 5.92 Å². The topological polar surface area (TPSA) is 138 Å². The minimum Gasteiger partial charge on any atom is -0.394 e. The van der Waals surface area contributed by atoms with Crippen molar-refractivity contribution >= 4 is 0 Å². The molecule has 6 unspecified atom stereocenters. The third-order valence-electron chi connectivity index (χ3n) is 6.77. The molecule has 5 N–H and O–H groups in total. The van der Waals surface area contributed by atoms with Gasteiger partial charge in [-0.2, -0.15) is 0 Å². The Morgan fingerprint density at radius 3 is 2.27 bits per heavy atom. The largest absolute Gasteiger partial charge is 0.394 e. The van der Waals surface area contributed by atoms with Gasteiger partial charge in [-0.3, -0.25) is 0 Å². The normalized spacial score (nSPS) is 34.0. The summed E-state index contributed by atoms with van der Waals surface area (Å²) in [5.74, 6) is 0.558. The molecule has 0 aromatic rings. The van der Waals surface area contributed by atoms with Gasteiger partial charge in [-0.05, 0) is 52.4 Å². The molecule has 2 heterocycles. The van der Waals surface area contributed by atoms with Crippen LogP contribution in [0.2, 0.25) is 0 Å². The molecule has 0 amide bonds. The van der Waals surface area contributed by atoms with E-state index in [-0.39, 0.29) is 12.8 Å². The van der Waals surface area contributed by atoms with Crippen LogP contribution in [-0.2, 0) is 18.9 Å². The van der Waals surface area contributed by atoms with E-state index in [1.54, 1.807) is 0 Å². The fourth-order valence-corrected chi connectivity index (χ4v) is 4.44. The van der Waals surface area contributed by atoms with Crippen molar-refractivity contribution < 1.29 is 44.5 Å². The molecule has 0 aromatic heterocycles. The molecule has 9 heteroatoms. The molecule has 9 nitrogen and oxygen atoms in total. The average Bonchev–Trinajstić information content (AvgIpc) is 2.85. The molecule has 0 aliphatic carbocycles. The standard InChI is InChI=1S/C28H48O9/c1-18(2)8-7-11-19(3)9-5-6-10-20(4)12-13-34-25-15-22(32)28(24(17-30)36-25)37-26-14-21(31)27(33)23(16-29)35-26/h5,8-9,12,19,21-33H,6-7,10-11,13-17H2,1-4H3/b9-5?,20-12+/t19?,21-,22?,23?,24?,25?,26?,27+,28+/m1/s1. The van der Waals surface area contributed by atoms with E-state index < -0.39 is 62.4 Å². The molecular formula is C28H48O9. The summed E-state index contributed by atoms with van der Waals surface area (Å²) in [6.45, 7) is 7.98.